The zero-order chi connectivity index (χ0) is 24.7. The van der Waals surface area contributed by atoms with Crippen molar-refractivity contribution in [1.29, 1.82) is 0 Å². The van der Waals surface area contributed by atoms with Crippen LogP contribution in [0.5, 0.6) is 5.75 Å². The summed E-state index contributed by atoms with van der Waals surface area (Å²) in [6.07, 6.45) is 0.633. The molecule has 0 bridgehead atoms. The number of nitrogens with zero attached hydrogens (tertiary/aromatic N) is 2. The second-order valence-corrected chi connectivity index (χ2v) is 8.86. The normalized spacial score (nSPS) is 17.7. The number of hydrogen-bond donors (Lipinski definition) is 3. The van der Waals surface area contributed by atoms with E-state index in [9.17, 15) is 24.6 Å². The number of aromatic nitrogens is 1. The molecular formula is C27H25N3O5. The molecule has 5 rings (SSSR count). The predicted molar refractivity (Wildman–Crippen MR) is 132 cm³/mol. The van der Waals surface area contributed by atoms with Gasteiger partial charge in [-0.3, -0.25) is 14.4 Å². The monoisotopic (exact) mass is 471 g/mol. The Morgan fingerprint density at radius 1 is 0.971 bits per heavy atom. The molecule has 3 N–H and O–H groups in total. The average Bonchev–Trinajstić information content (AvgIpc) is 3.40. The molecule has 35 heavy (non-hydrogen) atoms. The number of benzene rings is 3. The van der Waals surface area contributed by atoms with E-state index in [-0.39, 0.29) is 30.0 Å². The van der Waals surface area contributed by atoms with E-state index in [1.165, 1.54) is 6.92 Å². The third-order valence-electron chi connectivity index (χ3n) is 6.73. The van der Waals surface area contributed by atoms with E-state index in [4.69, 9.17) is 0 Å². The second kappa shape index (κ2) is 8.79. The fourth-order valence-electron chi connectivity index (χ4n) is 5.19. The van der Waals surface area contributed by atoms with E-state index in [1.54, 1.807) is 45.9 Å². The number of rotatable bonds is 5. The molecule has 3 aromatic carbocycles. The van der Waals surface area contributed by atoms with Gasteiger partial charge in [0.1, 0.15) is 18.3 Å². The highest BCUT2D eigenvalue weighted by atomic mass is 16.4. The maximum atomic E-state index is 13.5. The third-order valence-corrected chi connectivity index (χ3v) is 6.73. The van der Waals surface area contributed by atoms with Gasteiger partial charge < -0.3 is 25.0 Å². The molecule has 1 aliphatic rings. The number of carboxylic acid groups (broad SMARTS) is 1. The summed E-state index contributed by atoms with van der Waals surface area (Å²) < 4.78 is 1.72. The molecule has 8 nitrogen and oxygen atoms in total. The van der Waals surface area contributed by atoms with Crippen LogP contribution in [0.3, 0.4) is 0 Å². The first kappa shape index (κ1) is 22.5. The fourth-order valence-corrected chi connectivity index (χ4v) is 5.19. The Morgan fingerprint density at radius 2 is 1.69 bits per heavy atom. The second-order valence-electron chi connectivity index (χ2n) is 8.86. The van der Waals surface area contributed by atoms with Crippen molar-refractivity contribution in [2.45, 2.75) is 31.8 Å². The van der Waals surface area contributed by atoms with Crippen LogP contribution in [0, 0.1) is 0 Å². The molecule has 0 saturated carbocycles. The number of carbonyl (C=O) groups excluding carboxylic acids is 2. The lowest BCUT2D eigenvalue weighted by molar-refractivity contribution is -0.137. The van der Waals surface area contributed by atoms with Crippen molar-refractivity contribution >= 4 is 45.3 Å². The Bertz CT molecular complexity index is 1460. The minimum atomic E-state index is -0.957. The van der Waals surface area contributed by atoms with Crippen LogP contribution in [0.25, 0.3) is 21.8 Å². The molecule has 178 valence electrons. The van der Waals surface area contributed by atoms with Crippen molar-refractivity contribution in [2.24, 2.45) is 0 Å². The van der Waals surface area contributed by atoms with Gasteiger partial charge in [0.25, 0.3) is 0 Å². The summed E-state index contributed by atoms with van der Waals surface area (Å²) in [5.74, 6) is -1.51. The maximum Gasteiger partial charge on any atom is 0.323 e. The van der Waals surface area contributed by atoms with E-state index in [2.05, 4.69) is 5.32 Å². The molecule has 0 aliphatic carbocycles. The van der Waals surface area contributed by atoms with Crippen molar-refractivity contribution in [3.05, 3.63) is 72.3 Å². The van der Waals surface area contributed by atoms with Gasteiger partial charge in [0.15, 0.2) is 0 Å². The largest absolute Gasteiger partial charge is 0.508 e. The maximum absolute atomic E-state index is 13.5. The molecule has 2 heterocycles. The number of phenols is 1. The Labute approximate surface area is 201 Å². The number of phenolic OH excluding ortho intramolecular Hbond substituents is 1. The molecule has 8 heteroatoms. The average molecular weight is 472 g/mol. The smallest absolute Gasteiger partial charge is 0.323 e. The first-order valence-electron chi connectivity index (χ1n) is 11.4. The number of amides is 2. The van der Waals surface area contributed by atoms with E-state index in [0.29, 0.717) is 24.2 Å². The van der Waals surface area contributed by atoms with Crippen molar-refractivity contribution in [2.75, 3.05) is 11.9 Å². The quantitative estimate of drug-likeness (QED) is 0.408. The first-order chi connectivity index (χ1) is 16.8. The number of aromatic hydroxyl groups is 1. The molecule has 1 fully saturated rings. The molecule has 2 amide bonds. The minimum absolute atomic E-state index is 0.140. The standard InChI is InChI=1S/C27H25N3O5/c1-16(31)29-13-12-20(17-6-9-19(32)10-7-17)26(29)27(35)28-18-8-11-22-21-4-2-3-5-23(21)30(15-25(33)34)24(22)14-18/h2-11,14,20,26,32H,12-13,15H2,1H3,(H,28,35)(H,33,34)/t20?,26-/m0/s1. The van der Waals surface area contributed by atoms with E-state index >= 15 is 0 Å². The van der Waals surface area contributed by atoms with E-state index in [1.807, 2.05) is 30.3 Å². The number of nitrogens with one attached hydrogen (secondary N) is 1. The molecular weight excluding hydrogens is 446 g/mol. The summed E-state index contributed by atoms with van der Waals surface area (Å²) in [5.41, 5.74) is 2.91. The Kier molecular flexibility index (Phi) is 5.64. The lowest BCUT2D eigenvalue weighted by Gasteiger charge is -2.26. The highest BCUT2D eigenvalue weighted by Gasteiger charge is 2.41. The van der Waals surface area contributed by atoms with Gasteiger partial charge in [-0.15, -0.1) is 0 Å². The minimum Gasteiger partial charge on any atom is -0.508 e. The fraction of sp³-hybridized carbons (Fsp3) is 0.222. The van der Waals surface area contributed by atoms with Crippen LogP contribution in [-0.4, -0.2) is 50.1 Å². The summed E-state index contributed by atoms with van der Waals surface area (Å²) in [6.45, 7) is 1.71. The summed E-state index contributed by atoms with van der Waals surface area (Å²) in [7, 11) is 0. The van der Waals surface area contributed by atoms with Crippen molar-refractivity contribution in [3.63, 3.8) is 0 Å². The molecule has 1 unspecified atom stereocenters. The summed E-state index contributed by atoms with van der Waals surface area (Å²) in [6, 6.07) is 19.1. The van der Waals surface area contributed by atoms with Gasteiger partial charge in [-0.05, 0) is 42.3 Å². The molecule has 0 radical (unpaired) electrons. The van der Waals surface area contributed by atoms with Crippen molar-refractivity contribution in [3.8, 4) is 5.75 Å². The highest BCUT2D eigenvalue weighted by molar-refractivity contribution is 6.10. The van der Waals surface area contributed by atoms with E-state index in [0.717, 1.165) is 21.9 Å². The Morgan fingerprint density at radius 3 is 2.40 bits per heavy atom. The van der Waals surface area contributed by atoms with Gasteiger partial charge in [0.2, 0.25) is 11.8 Å². The van der Waals surface area contributed by atoms with Gasteiger partial charge in [-0.1, -0.05) is 36.4 Å². The summed E-state index contributed by atoms with van der Waals surface area (Å²) in [5, 5.41) is 23.9. The van der Waals surface area contributed by atoms with Crippen LogP contribution in [0.4, 0.5) is 5.69 Å². The van der Waals surface area contributed by atoms with Gasteiger partial charge in [-0.2, -0.15) is 0 Å². The lowest BCUT2D eigenvalue weighted by atomic mass is 9.91. The third kappa shape index (κ3) is 4.07. The number of carbonyl (C=O) groups is 3. The van der Waals surface area contributed by atoms with E-state index < -0.39 is 12.0 Å². The predicted octanol–water partition coefficient (Wildman–Crippen LogP) is 3.93. The van der Waals surface area contributed by atoms with Crippen LogP contribution in [0.2, 0.25) is 0 Å². The molecule has 1 saturated heterocycles. The number of aliphatic carboxylic acids is 1. The van der Waals surface area contributed by atoms with Gasteiger partial charge >= 0.3 is 5.97 Å². The van der Waals surface area contributed by atoms with Crippen LogP contribution >= 0.6 is 0 Å². The molecule has 1 aromatic heterocycles. The number of para-hydroxylation sites is 1. The Balaban J connectivity index is 1.51. The number of fused-ring (bicyclic) bond motifs is 3. The Hall–Kier alpha value is -4.33. The zero-order valence-electron chi connectivity index (χ0n) is 19.1. The van der Waals surface area contributed by atoms with Gasteiger partial charge in [-0.25, -0.2) is 0 Å². The zero-order valence-corrected chi connectivity index (χ0v) is 19.1. The number of hydrogen-bond acceptors (Lipinski definition) is 4. The number of anilines is 1. The number of likely N-dealkylation sites (tertiary alicyclic amines) is 1. The van der Waals surface area contributed by atoms with Crippen LogP contribution in [0.15, 0.2) is 66.7 Å². The molecule has 1 aliphatic heterocycles. The highest BCUT2D eigenvalue weighted by Crippen LogP contribution is 2.36. The molecule has 0 spiro atoms. The summed E-state index contributed by atoms with van der Waals surface area (Å²) in [4.78, 5) is 38.9. The lowest BCUT2D eigenvalue weighted by Crippen LogP contribution is -2.44. The van der Waals surface area contributed by atoms with Crippen LogP contribution in [-0.2, 0) is 20.9 Å². The molecule has 2 atom stereocenters. The SMILES string of the molecule is CC(=O)N1CCC(c2ccc(O)cc2)[C@H]1C(=O)Nc1ccc2c3ccccc3n(CC(=O)O)c2c1. The summed E-state index contributed by atoms with van der Waals surface area (Å²) >= 11 is 0. The molecule has 4 aromatic rings. The topological polar surface area (TPSA) is 112 Å². The van der Waals surface area contributed by atoms with Crippen LogP contribution < -0.4 is 5.32 Å². The first-order valence-corrected chi connectivity index (χ1v) is 11.4. The number of carboxylic acids is 1. The van der Waals surface area contributed by atoms with Crippen LogP contribution in [0.1, 0.15) is 24.8 Å². The van der Waals surface area contributed by atoms with Gasteiger partial charge in [0, 0.05) is 41.4 Å². The van der Waals surface area contributed by atoms with Crippen molar-refractivity contribution in [1.82, 2.24) is 9.47 Å². The van der Waals surface area contributed by atoms with Gasteiger partial charge in [0.05, 0.1) is 5.52 Å². The van der Waals surface area contributed by atoms with Crippen molar-refractivity contribution < 1.29 is 24.6 Å².